The second-order valence-electron chi connectivity index (χ2n) is 4.98. The van der Waals surface area contributed by atoms with Crippen molar-refractivity contribution in [2.45, 2.75) is 12.5 Å². The molecule has 1 fully saturated rings. The van der Waals surface area contributed by atoms with Crippen molar-refractivity contribution in [3.63, 3.8) is 0 Å². The molecule has 0 saturated carbocycles. The van der Waals surface area contributed by atoms with Crippen LogP contribution in [-0.4, -0.2) is 53.6 Å². The lowest BCUT2D eigenvalue weighted by molar-refractivity contribution is 0.327. The number of hydrogen-bond acceptors (Lipinski definition) is 5. The fourth-order valence-corrected chi connectivity index (χ4v) is 2.56. The number of aromatic amines is 1. The Hall–Kier alpha value is -1.66. The van der Waals surface area contributed by atoms with Gasteiger partial charge in [-0.25, -0.2) is 4.98 Å². The van der Waals surface area contributed by atoms with Crippen molar-refractivity contribution in [2.75, 3.05) is 33.8 Å². The molecule has 0 bridgehead atoms. The van der Waals surface area contributed by atoms with Crippen molar-refractivity contribution in [2.24, 2.45) is 0 Å². The molecule has 2 aromatic heterocycles. The largest absolute Gasteiger partial charge is 0.480 e. The molecule has 6 nitrogen and oxygen atoms in total. The smallest absolute Gasteiger partial charge is 0.234 e. The number of ether oxygens (including phenoxy) is 1. The van der Waals surface area contributed by atoms with Gasteiger partial charge in [-0.1, -0.05) is 0 Å². The third-order valence-electron chi connectivity index (χ3n) is 3.57. The third-order valence-corrected chi connectivity index (χ3v) is 3.57. The molecule has 3 rings (SSSR count). The van der Waals surface area contributed by atoms with Crippen LogP contribution in [0.15, 0.2) is 12.4 Å². The fourth-order valence-electron chi connectivity index (χ4n) is 2.56. The molecule has 2 N–H and O–H groups in total. The Labute approximate surface area is 112 Å². The minimum Gasteiger partial charge on any atom is -0.480 e. The van der Waals surface area contributed by atoms with Gasteiger partial charge in [-0.15, -0.1) is 0 Å². The zero-order valence-corrected chi connectivity index (χ0v) is 11.3. The second kappa shape index (κ2) is 5.14. The summed E-state index contributed by atoms with van der Waals surface area (Å²) < 4.78 is 5.10. The molecule has 0 aromatic carbocycles. The molecule has 102 valence electrons. The molecule has 1 aliphatic rings. The van der Waals surface area contributed by atoms with Gasteiger partial charge in [0.2, 0.25) is 5.88 Å². The monoisotopic (exact) mass is 261 g/mol. The van der Waals surface area contributed by atoms with E-state index in [2.05, 4.69) is 32.2 Å². The number of fused-ring (bicyclic) bond motifs is 1. The number of nitrogens with zero attached hydrogens (tertiary/aromatic N) is 3. The van der Waals surface area contributed by atoms with Gasteiger partial charge in [0.25, 0.3) is 0 Å². The topological polar surface area (TPSA) is 66.1 Å². The van der Waals surface area contributed by atoms with E-state index in [1.54, 1.807) is 13.3 Å². The van der Waals surface area contributed by atoms with E-state index >= 15 is 0 Å². The van der Waals surface area contributed by atoms with E-state index in [1.165, 1.54) is 12.0 Å². The van der Waals surface area contributed by atoms with Crippen LogP contribution in [0.3, 0.4) is 0 Å². The van der Waals surface area contributed by atoms with E-state index in [-0.39, 0.29) is 0 Å². The predicted octanol–water partition coefficient (Wildman–Crippen LogP) is 0.933. The molecule has 0 radical (unpaired) electrons. The average molecular weight is 261 g/mol. The summed E-state index contributed by atoms with van der Waals surface area (Å²) in [5, 5.41) is 3.57. The molecule has 1 atom stereocenters. The normalized spacial score (nSPS) is 21.5. The summed E-state index contributed by atoms with van der Waals surface area (Å²) in [6.07, 6.45) is 4.84. The molecule has 6 heteroatoms. The molecule has 19 heavy (non-hydrogen) atoms. The van der Waals surface area contributed by atoms with Crippen LogP contribution in [0.1, 0.15) is 18.0 Å². The Balaban J connectivity index is 1.95. The van der Waals surface area contributed by atoms with Gasteiger partial charge >= 0.3 is 0 Å². The van der Waals surface area contributed by atoms with Crippen LogP contribution in [0, 0.1) is 0 Å². The zero-order chi connectivity index (χ0) is 13.2. The lowest BCUT2D eigenvalue weighted by Gasteiger charge is -2.19. The Morgan fingerprint density at radius 2 is 2.37 bits per heavy atom. The molecule has 1 aliphatic heterocycles. The van der Waals surface area contributed by atoms with E-state index < -0.39 is 0 Å². The van der Waals surface area contributed by atoms with E-state index in [0.29, 0.717) is 11.9 Å². The molecule has 0 aliphatic carbocycles. The molecule has 0 spiro atoms. The standard InChI is InChI=1S/C13H19N5O/c1-18-5-3-4-14-10(8-18)9-6-16-13-12(9)15-7-11(17-13)19-2/h6-7,10,14H,3-5,8H2,1-2H3,(H,16,17). The van der Waals surface area contributed by atoms with Crippen LogP contribution < -0.4 is 10.1 Å². The molecular weight excluding hydrogens is 242 g/mol. The van der Waals surface area contributed by atoms with Gasteiger partial charge in [0.1, 0.15) is 5.52 Å². The first kappa shape index (κ1) is 12.4. The Kier molecular flexibility index (Phi) is 3.35. The Morgan fingerprint density at radius 1 is 1.47 bits per heavy atom. The van der Waals surface area contributed by atoms with E-state index in [0.717, 1.165) is 30.8 Å². The summed E-state index contributed by atoms with van der Waals surface area (Å²) in [7, 11) is 3.76. The summed E-state index contributed by atoms with van der Waals surface area (Å²) in [4.78, 5) is 14.4. The summed E-state index contributed by atoms with van der Waals surface area (Å²) in [5.74, 6) is 0.534. The minimum atomic E-state index is 0.295. The lowest BCUT2D eigenvalue weighted by Crippen LogP contribution is -2.28. The van der Waals surface area contributed by atoms with Gasteiger partial charge in [-0.2, -0.15) is 4.98 Å². The SMILES string of the molecule is COc1cnc2c(C3CN(C)CCCN3)c[nH]c2n1. The molecule has 0 amide bonds. The quantitative estimate of drug-likeness (QED) is 0.842. The lowest BCUT2D eigenvalue weighted by atomic mass is 10.1. The summed E-state index contributed by atoms with van der Waals surface area (Å²) in [5.41, 5.74) is 2.88. The number of likely N-dealkylation sites (N-methyl/N-ethyl adjacent to an activating group) is 1. The number of H-pyrrole nitrogens is 1. The maximum Gasteiger partial charge on any atom is 0.234 e. The Morgan fingerprint density at radius 3 is 3.21 bits per heavy atom. The van der Waals surface area contributed by atoms with Crippen LogP contribution in [0.2, 0.25) is 0 Å². The van der Waals surface area contributed by atoms with Crippen LogP contribution in [0.4, 0.5) is 0 Å². The van der Waals surface area contributed by atoms with Crippen molar-refractivity contribution in [1.29, 1.82) is 0 Å². The highest BCUT2D eigenvalue weighted by Gasteiger charge is 2.21. The first-order chi connectivity index (χ1) is 9.28. The highest BCUT2D eigenvalue weighted by atomic mass is 16.5. The minimum absolute atomic E-state index is 0.295. The van der Waals surface area contributed by atoms with Gasteiger partial charge in [0, 0.05) is 24.3 Å². The van der Waals surface area contributed by atoms with Crippen molar-refractivity contribution < 1.29 is 4.74 Å². The van der Waals surface area contributed by atoms with Crippen molar-refractivity contribution in [3.8, 4) is 5.88 Å². The molecule has 1 unspecified atom stereocenters. The summed E-state index contributed by atoms with van der Waals surface area (Å²) in [6.45, 7) is 3.15. The first-order valence-electron chi connectivity index (χ1n) is 6.58. The first-order valence-corrected chi connectivity index (χ1v) is 6.58. The maximum absolute atomic E-state index is 5.10. The number of methoxy groups -OCH3 is 1. The van der Waals surface area contributed by atoms with E-state index in [4.69, 9.17) is 4.74 Å². The van der Waals surface area contributed by atoms with Crippen LogP contribution >= 0.6 is 0 Å². The predicted molar refractivity (Wildman–Crippen MR) is 73.3 cm³/mol. The van der Waals surface area contributed by atoms with E-state index in [9.17, 15) is 0 Å². The Bertz CT molecular complexity index is 567. The van der Waals surface area contributed by atoms with Gasteiger partial charge in [-0.3, -0.25) is 0 Å². The van der Waals surface area contributed by atoms with Crippen molar-refractivity contribution in [3.05, 3.63) is 18.0 Å². The molecule has 1 saturated heterocycles. The van der Waals surface area contributed by atoms with Gasteiger partial charge < -0.3 is 19.9 Å². The maximum atomic E-state index is 5.10. The second-order valence-corrected chi connectivity index (χ2v) is 4.98. The zero-order valence-electron chi connectivity index (χ0n) is 11.3. The van der Waals surface area contributed by atoms with Crippen LogP contribution in [-0.2, 0) is 0 Å². The molecule has 3 heterocycles. The molecule has 2 aromatic rings. The van der Waals surface area contributed by atoms with Gasteiger partial charge in [0.15, 0.2) is 5.65 Å². The summed E-state index contributed by atoms with van der Waals surface area (Å²) >= 11 is 0. The van der Waals surface area contributed by atoms with Crippen molar-refractivity contribution in [1.82, 2.24) is 25.2 Å². The number of aromatic nitrogens is 3. The number of rotatable bonds is 2. The van der Waals surface area contributed by atoms with Crippen LogP contribution in [0.25, 0.3) is 11.2 Å². The third kappa shape index (κ3) is 2.41. The molecular formula is C13H19N5O. The number of nitrogens with one attached hydrogen (secondary N) is 2. The highest BCUT2D eigenvalue weighted by Crippen LogP contribution is 2.24. The summed E-state index contributed by atoms with van der Waals surface area (Å²) in [6, 6.07) is 0.295. The highest BCUT2D eigenvalue weighted by molar-refractivity contribution is 5.76. The van der Waals surface area contributed by atoms with E-state index in [1.807, 2.05) is 6.20 Å². The average Bonchev–Trinajstić information content (AvgIpc) is 2.73. The number of hydrogen-bond donors (Lipinski definition) is 2. The van der Waals surface area contributed by atoms with Crippen molar-refractivity contribution >= 4 is 11.2 Å². The van der Waals surface area contributed by atoms with Gasteiger partial charge in [0.05, 0.1) is 13.3 Å². The van der Waals surface area contributed by atoms with Gasteiger partial charge in [-0.05, 0) is 26.6 Å². The van der Waals surface area contributed by atoms with Crippen LogP contribution in [0.5, 0.6) is 5.88 Å². The fraction of sp³-hybridized carbons (Fsp3) is 0.538.